The zero-order valence-electron chi connectivity index (χ0n) is 7.12. The fraction of sp³-hybridized carbons (Fsp3) is 0.375. The predicted octanol–water partition coefficient (Wildman–Crippen LogP) is 0.848. The second-order valence-electron chi connectivity index (χ2n) is 2.78. The van der Waals surface area contributed by atoms with Crippen molar-refractivity contribution in [2.45, 2.75) is 12.0 Å². The highest BCUT2D eigenvalue weighted by atomic mass is 19.3. The van der Waals surface area contributed by atoms with Crippen LogP contribution >= 0.6 is 0 Å². The third-order valence-electron chi connectivity index (χ3n) is 1.79. The minimum absolute atomic E-state index is 0.411. The molecule has 0 aliphatic rings. The Bertz CT molecular complexity index is 319. The van der Waals surface area contributed by atoms with Crippen LogP contribution < -0.4 is 5.73 Å². The standard InChI is InChI=1S/C8H9F3N2O/c9-7-5(2-1-3-13-7)6(12)8(10,11)4-14/h1-3,6,14H,4,12H2/t6-/m1/s1. The van der Waals surface area contributed by atoms with Gasteiger partial charge in [0.2, 0.25) is 5.95 Å². The molecular weight excluding hydrogens is 197 g/mol. The third kappa shape index (κ3) is 2.02. The van der Waals surface area contributed by atoms with E-state index in [2.05, 4.69) is 4.98 Å². The molecule has 0 aromatic carbocycles. The Kier molecular flexibility index (Phi) is 3.07. The second-order valence-corrected chi connectivity index (χ2v) is 2.78. The lowest BCUT2D eigenvalue weighted by Crippen LogP contribution is -2.36. The van der Waals surface area contributed by atoms with Crippen LogP contribution in [0.15, 0.2) is 18.3 Å². The maximum atomic E-state index is 12.9. The van der Waals surface area contributed by atoms with E-state index in [-0.39, 0.29) is 0 Å². The van der Waals surface area contributed by atoms with Crippen molar-refractivity contribution in [3.05, 3.63) is 29.8 Å². The van der Waals surface area contributed by atoms with Gasteiger partial charge in [0, 0.05) is 11.8 Å². The van der Waals surface area contributed by atoms with Crippen LogP contribution in [-0.4, -0.2) is 22.6 Å². The van der Waals surface area contributed by atoms with E-state index >= 15 is 0 Å². The first kappa shape index (κ1) is 10.9. The molecule has 0 aliphatic heterocycles. The van der Waals surface area contributed by atoms with Crippen molar-refractivity contribution < 1.29 is 18.3 Å². The van der Waals surface area contributed by atoms with Crippen LogP contribution in [0.3, 0.4) is 0 Å². The van der Waals surface area contributed by atoms with Crippen LogP contribution in [0, 0.1) is 5.95 Å². The molecule has 3 N–H and O–H groups in total. The number of aliphatic hydroxyl groups excluding tert-OH is 1. The molecule has 0 radical (unpaired) electrons. The van der Waals surface area contributed by atoms with Crippen LogP contribution in [0.4, 0.5) is 13.2 Å². The molecule has 1 aromatic rings. The topological polar surface area (TPSA) is 59.1 Å². The molecule has 6 heteroatoms. The Morgan fingerprint density at radius 1 is 1.57 bits per heavy atom. The highest BCUT2D eigenvalue weighted by molar-refractivity contribution is 5.17. The van der Waals surface area contributed by atoms with Crippen molar-refractivity contribution >= 4 is 0 Å². The van der Waals surface area contributed by atoms with Gasteiger partial charge < -0.3 is 10.8 Å². The molecule has 0 saturated heterocycles. The summed E-state index contributed by atoms with van der Waals surface area (Å²) in [5.41, 5.74) is 4.68. The third-order valence-corrected chi connectivity index (χ3v) is 1.79. The lowest BCUT2D eigenvalue weighted by atomic mass is 10.0. The Labute approximate surface area is 78.4 Å². The Morgan fingerprint density at radius 2 is 2.21 bits per heavy atom. The summed E-state index contributed by atoms with van der Waals surface area (Å²) in [4.78, 5) is 3.19. The number of aliphatic hydroxyl groups is 1. The minimum atomic E-state index is -3.55. The average Bonchev–Trinajstić information content (AvgIpc) is 2.17. The summed E-state index contributed by atoms with van der Waals surface area (Å²) in [5, 5.41) is 8.34. The number of alkyl halides is 2. The number of aromatic nitrogens is 1. The fourth-order valence-corrected chi connectivity index (χ4v) is 0.956. The lowest BCUT2D eigenvalue weighted by molar-refractivity contribution is -0.0720. The van der Waals surface area contributed by atoms with Gasteiger partial charge in [-0.05, 0) is 6.07 Å². The van der Waals surface area contributed by atoms with Crippen molar-refractivity contribution in [2.75, 3.05) is 6.61 Å². The molecule has 0 fully saturated rings. The minimum Gasteiger partial charge on any atom is -0.390 e. The molecule has 0 bridgehead atoms. The summed E-state index contributed by atoms with van der Waals surface area (Å²) in [6.07, 6.45) is 1.13. The molecule has 1 aromatic heterocycles. The van der Waals surface area contributed by atoms with E-state index in [1.807, 2.05) is 0 Å². The summed E-state index contributed by atoms with van der Waals surface area (Å²) in [6.45, 7) is -1.43. The molecule has 0 aliphatic carbocycles. The summed E-state index contributed by atoms with van der Waals surface area (Å²) >= 11 is 0. The van der Waals surface area contributed by atoms with E-state index in [9.17, 15) is 13.2 Å². The summed E-state index contributed by atoms with van der Waals surface area (Å²) in [6, 6.07) is 0.517. The van der Waals surface area contributed by atoms with Crippen LogP contribution in [0.5, 0.6) is 0 Å². The summed E-state index contributed by atoms with van der Waals surface area (Å²) < 4.78 is 38.6. The number of pyridine rings is 1. The number of hydrogen-bond donors (Lipinski definition) is 2. The van der Waals surface area contributed by atoms with Crippen molar-refractivity contribution in [3.63, 3.8) is 0 Å². The lowest BCUT2D eigenvalue weighted by Gasteiger charge is -2.21. The van der Waals surface area contributed by atoms with Gasteiger partial charge in [-0.3, -0.25) is 0 Å². The molecule has 0 spiro atoms. The zero-order valence-corrected chi connectivity index (χ0v) is 7.12. The first-order chi connectivity index (χ1) is 6.49. The molecule has 0 saturated carbocycles. The molecule has 78 valence electrons. The van der Waals surface area contributed by atoms with Gasteiger partial charge in [-0.2, -0.15) is 4.39 Å². The quantitative estimate of drug-likeness (QED) is 0.721. The Hall–Kier alpha value is -1.14. The highest BCUT2D eigenvalue weighted by Gasteiger charge is 2.38. The van der Waals surface area contributed by atoms with Gasteiger partial charge in [0.05, 0.1) is 0 Å². The largest absolute Gasteiger partial charge is 0.390 e. The van der Waals surface area contributed by atoms with E-state index in [1.165, 1.54) is 6.07 Å². The molecule has 1 atom stereocenters. The van der Waals surface area contributed by atoms with Gasteiger partial charge in [-0.25, -0.2) is 13.8 Å². The van der Waals surface area contributed by atoms with Crippen molar-refractivity contribution in [1.82, 2.24) is 4.98 Å². The Balaban J connectivity index is 3.00. The van der Waals surface area contributed by atoms with Crippen molar-refractivity contribution in [2.24, 2.45) is 5.73 Å². The smallest absolute Gasteiger partial charge is 0.289 e. The number of nitrogens with zero attached hydrogens (tertiary/aromatic N) is 1. The second kappa shape index (κ2) is 3.93. The summed E-state index contributed by atoms with van der Waals surface area (Å²) in [7, 11) is 0. The first-order valence-electron chi connectivity index (χ1n) is 3.83. The Morgan fingerprint density at radius 3 is 2.71 bits per heavy atom. The predicted molar refractivity (Wildman–Crippen MR) is 43.2 cm³/mol. The van der Waals surface area contributed by atoms with Crippen LogP contribution in [0.1, 0.15) is 11.6 Å². The van der Waals surface area contributed by atoms with Gasteiger partial charge in [-0.1, -0.05) is 6.07 Å². The van der Waals surface area contributed by atoms with E-state index in [1.54, 1.807) is 0 Å². The molecule has 3 nitrogen and oxygen atoms in total. The average molecular weight is 206 g/mol. The maximum Gasteiger partial charge on any atom is 0.289 e. The molecule has 0 unspecified atom stereocenters. The van der Waals surface area contributed by atoms with Gasteiger partial charge >= 0.3 is 0 Å². The fourth-order valence-electron chi connectivity index (χ4n) is 0.956. The molecule has 1 heterocycles. The number of halogens is 3. The van der Waals surface area contributed by atoms with Crippen LogP contribution in [0.25, 0.3) is 0 Å². The molecular formula is C8H9F3N2O. The first-order valence-corrected chi connectivity index (χ1v) is 3.83. The summed E-state index contributed by atoms with van der Waals surface area (Å²) in [5.74, 6) is -4.60. The van der Waals surface area contributed by atoms with E-state index in [4.69, 9.17) is 10.8 Å². The molecule has 1 rings (SSSR count). The SMILES string of the molecule is N[C@H](c1cccnc1F)C(F)(F)CO. The van der Waals surface area contributed by atoms with Gasteiger partial charge in [0.25, 0.3) is 5.92 Å². The van der Waals surface area contributed by atoms with E-state index in [0.717, 1.165) is 12.3 Å². The van der Waals surface area contributed by atoms with Crippen LogP contribution in [-0.2, 0) is 0 Å². The molecule has 0 amide bonds. The zero-order chi connectivity index (χ0) is 10.8. The number of nitrogens with two attached hydrogens (primary N) is 1. The molecule has 14 heavy (non-hydrogen) atoms. The van der Waals surface area contributed by atoms with Gasteiger partial charge in [0.15, 0.2) is 0 Å². The van der Waals surface area contributed by atoms with Gasteiger partial charge in [0.1, 0.15) is 12.6 Å². The number of rotatable bonds is 3. The van der Waals surface area contributed by atoms with Crippen molar-refractivity contribution in [3.8, 4) is 0 Å². The van der Waals surface area contributed by atoms with E-state index in [0.29, 0.717) is 0 Å². The number of hydrogen-bond acceptors (Lipinski definition) is 3. The van der Waals surface area contributed by atoms with Crippen molar-refractivity contribution in [1.29, 1.82) is 0 Å². The monoisotopic (exact) mass is 206 g/mol. The maximum absolute atomic E-state index is 12.9. The normalized spacial score (nSPS) is 14.1. The van der Waals surface area contributed by atoms with E-state index < -0.39 is 30.1 Å². The highest BCUT2D eigenvalue weighted by Crippen LogP contribution is 2.29. The van der Waals surface area contributed by atoms with Gasteiger partial charge in [-0.15, -0.1) is 0 Å². The van der Waals surface area contributed by atoms with Crippen LogP contribution in [0.2, 0.25) is 0 Å².